The standard InChI is InChI=1S/C24H17N5O2/c30-24(28-11-16-8-19(12-25-10-16)20-13-26-15-27-14-20)18-6-7-22-21(9-18)23(31-29-22)17-4-2-1-3-5-17/h1-10,12-15H,11H2,(H,28,30). The number of hydrogen-bond donors (Lipinski definition) is 1. The molecule has 0 atom stereocenters. The molecule has 0 aliphatic heterocycles. The Hall–Kier alpha value is -4.39. The topological polar surface area (TPSA) is 93.8 Å². The summed E-state index contributed by atoms with van der Waals surface area (Å²) in [5.41, 5.74) is 4.80. The van der Waals surface area contributed by atoms with Crippen molar-refractivity contribution in [1.82, 2.24) is 25.4 Å². The third kappa shape index (κ3) is 3.89. The number of fused-ring (bicyclic) bond motifs is 1. The van der Waals surface area contributed by atoms with Crippen LogP contribution in [-0.4, -0.2) is 26.0 Å². The Bertz CT molecular complexity index is 1350. The van der Waals surface area contributed by atoms with Gasteiger partial charge in [0, 0.05) is 53.6 Å². The van der Waals surface area contributed by atoms with E-state index in [9.17, 15) is 4.79 Å². The molecule has 0 bridgehead atoms. The van der Waals surface area contributed by atoms with Crippen LogP contribution in [0.5, 0.6) is 0 Å². The highest BCUT2D eigenvalue weighted by Crippen LogP contribution is 2.29. The van der Waals surface area contributed by atoms with E-state index < -0.39 is 0 Å². The Balaban J connectivity index is 1.35. The molecule has 5 aromatic rings. The zero-order chi connectivity index (χ0) is 21.0. The average molecular weight is 407 g/mol. The van der Waals surface area contributed by atoms with Gasteiger partial charge in [0.25, 0.3) is 5.91 Å². The van der Waals surface area contributed by atoms with Crippen molar-refractivity contribution in [3.63, 3.8) is 0 Å². The van der Waals surface area contributed by atoms with Gasteiger partial charge >= 0.3 is 0 Å². The molecule has 1 amide bonds. The molecule has 5 rings (SSSR count). The van der Waals surface area contributed by atoms with E-state index in [2.05, 4.69) is 25.4 Å². The molecule has 0 fully saturated rings. The van der Waals surface area contributed by atoms with Crippen LogP contribution in [0.25, 0.3) is 33.4 Å². The van der Waals surface area contributed by atoms with Crippen LogP contribution in [0.15, 0.2) is 90.2 Å². The maximum absolute atomic E-state index is 12.8. The zero-order valence-corrected chi connectivity index (χ0v) is 16.4. The highest BCUT2D eigenvalue weighted by atomic mass is 16.5. The van der Waals surface area contributed by atoms with Crippen LogP contribution in [0.2, 0.25) is 0 Å². The minimum absolute atomic E-state index is 0.185. The van der Waals surface area contributed by atoms with E-state index in [1.807, 2.05) is 36.4 Å². The molecule has 0 aliphatic carbocycles. The molecule has 0 saturated heterocycles. The molecule has 7 nitrogen and oxygen atoms in total. The second-order valence-corrected chi connectivity index (χ2v) is 7.00. The molecule has 3 heterocycles. The molecule has 0 aliphatic rings. The number of rotatable bonds is 5. The predicted octanol–water partition coefficient (Wildman–Crippen LogP) is 4.28. The van der Waals surface area contributed by atoms with Crippen molar-refractivity contribution in [1.29, 1.82) is 0 Å². The second-order valence-electron chi connectivity index (χ2n) is 7.00. The van der Waals surface area contributed by atoms with Crippen molar-refractivity contribution in [2.24, 2.45) is 0 Å². The summed E-state index contributed by atoms with van der Waals surface area (Å²) in [7, 11) is 0. The van der Waals surface area contributed by atoms with Crippen LogP contribution in [0.4, 0.5) is 0 Å². The third-order valence-electron chi connectivity index (χ3n) is 4.92. The summed E-state index contributed by atoms with van der Waals surface area (Å²) >= 11 is 0. The van der Waals surface area contributed by atoms with Gasteiger partial charge < -0.3 is 9.84 Å². The Labute approximate surface area is 177 Å². The van der Waals surface area contributed by atoms with E-state index in [-0.39, 0.29) is 5.91 Å². The van der Waals surface area contributed by atoms with Gasteiger partial charge in [-0.15, -0.1) is 0 Å². The Morgan fingerprint density at radius 3 is 2.48 bits per heavy atom. The van der Waals surface area contributed by atoms with E-state index in [1.54, 1.807) is 43.0 Å². The minimum atomic E-state index is -0.185. The molecular formula is C24H17N5O2. The highest BCUT2D eigenvalue weighted by molar-refractivity contribution is 6.00. The van der Waals surface area contributed by atoms with Gasteiger partial charge in [-0.05, 0) is 29.8 Å². The quantitative estimate of drug-likeness (QED) is 0.467. The Morgan fingerprint density at radius 2 is 1.65 bits per heavy atom. The van der Waals surface area contributed by atoms with Crippen molar-refractivity contribution >= 4 is 16.8 Å². The fourth-order valence-electron chi connectivity index (χ4n) is 3.36. The number of aromatic nitrogens is 4. The number of nitrogens with one attached hydrogen (secondary N) is 1. The van der Waals surface area contributed by atoms with E-state index >= 15 is 0 Å². The van der Waals surface area contributed by atoms with Crippen LogP contribution >= 0.6 is 0 Å². The molecule has 0 spiro atoms. The first-order valence-electron chi connectivity index (χ1n) is 9.70. The molecule has 1 N–H and O–H groups in total. The van der Waals surface area contributed by atoms with Gasteiger partial charge in [-0.3, -0.25) is 9.78 Å². The smallest absolute Gasteiger partial charge is 0.251 e. The fourth-order valence-corrected chi connectivity index (χ4v) is 3.36. The van der Waals surface area contributed by atoms with Gasteiger partial charge in [-0.1, -0.05) is 35.5 Å². The molecular weight excluding hydrogens is 390 g/mol. The molecule has 150 valence electrons. The van der Waals surface area contributed by atoms with Gasteiger partial charge in [0.05, 0.1) is 5.39 Å². The summed E-state index contributed by atoms with van der Waals surface area (Å²) in [6, 6.07) is 17.0. The van der Waals surface area contributed by atoms with Gasteiger partial charge in [0.15, 0.2) is 5.76 Å². The molecule has 0 radical (unpaired) electrons. The monoisotopic (exact) mass is 407 g/mol. The first kappa shape index (κ1) is 18.6. The molecule has 3 aromatic heterocycles. The first-order valence-corrected chi connectivity index (χ1v) is 9.70. The van der Waals surface area contributed by atoms with Gasteiger partial charge in [-0.25, -0.2) is 9.97 Å². The van der Waals surface area contributed by atoms with Crippen LogP contribution in [0.1, 0.15) is 15.9 Å². The van der Waals surface area contributed by atoms with E-state index in [0.717, 1.165) is 27.6 Å². The van der Waals surface area contributed by atoms with E-state index in [1.165, 1.54) is 6.33 Å². The number of nitrogens with zero attached hydrogens (tertiary/aromatic N) is 4. The lowest BCUT2D eigenvalue weighted by molar-refractivity contribution is 0.0951. The molecule has 0 unspecified atom stereocenters. The van der Waals surface area contributed by atoms with Crippen LogP contribution in [0.3, 0.4) is 0 Å². The Morgan fingerprint density at radius 1 is 0.839 bits per heavy atom. The summed E-state index contributed by atoms with van der Waals surface area (Å²) in [5.74, 6) is 0.461. The maximum atomic E-state index is 12.8. The van der Waals surface area contributed by atoms with Gasteiger partial charge in [0.1, 0.15) is 11.8 Å². The summed E-state index contributed by atoms with van der Waals surface area (Å²) < 4.78 is 5.52. The van der Waals surface area contributed by atoms with Crippen LogP contribution < -0.4 is 5.32 Å². The average Bonchev–Trinajstić information content (AvgIpc) is 3.27. The zero-order valence-electron chi connectivity index (χ0n) is 16.4. The fraction of sp³-hybridized carbons (Fsp3) is 0.0417. The van der Waals surface area contributed by atoms with Crippen LogP contribution in [-0.2, 0) is 6.54 Å². The summed E-state index contributed by atoms with van der Waals surface area (Å²) in [6.07, 6.45) is 8.41. The number of carbonyl (C=O) groups excluding carboxylic acids is 1. The second kappa shape index (κ2) is 8.16. The van der Waals surface area contributed by atoms with Crippen molar-refractivity contribution in [3.8, 4) is 22.5 Å². The largest absolute Gasteiger partial charge is 0.355 e. The predicted molar refractivity (Wildman–Crippen MR) is 116 cm³/mol. The lowest BCUT2D eigenvalue weighted by Crippen LogP contribution is -2.22. The van der Waals surface area contributed by atoms with Crippen molar-refractivity contribution in [2.75, 3.05) is 0 Å². The normalized spacial score (nSPS) is 10.8. The number of hydrogen-bond acceptors (Lipinski definition) is 6. The summed E-state index contributed by atoms with van der Waals surface area (Å²) in [5, 5.41) is 7.85. The number of carbonyl (C=O) groups is 1. The number of amides is 1. The highest BCUT2D eigenvalue weighted by Gasteiger charge is 2.14. The molecule has 7 heteroatoms. The van der Waals surface area contributed by atoms with Crippen molar-refractivity contribution in [3.05, 3.63) is 96.8 Å². The molecule has 31 heavy (non-hydrogen) atoms. The maximum Gasteiger partial charge on any atom is 0.251 e. The minimum Gasteiger partial charge on any atom is -0.355 e. The van der Waals surface area contributed by atoms with Crippen LogP contribution in [0, 0.1) is 0 Å². The van der Waals surface area contributed by atoms with Gasteiger partial charge in [0.2, 0.25) is 0 Å². The van der Waals surface area contributed by atoms with E-state index in [4.69, 9.17) is 4.52 Å². The van der Waals surface area contributed by atoms with Crippen molar-refractivity contribution < 1.29 is 9.32 Å². The lowest BCUT2D eigenvalue weighted by atomic mass is 10.1. The summed E-state index contributed by atoms with van der Waals surface area (Å²) in [4.78, 5) is 25.1. The number of benzene rings is 2. The molecule has 2 aromatic carbocycles. The lowest BCUT2D eigenvalue weighted by Gasteiger charge is -2.07. The van der Waals surface area contributed by atoms with Crippen molar-refractivity contribution in [2.45, 2.75) is 6.54 Å². The third-order valence-corrected chi connectivity index (χ3v) is 4.92. The number of pyridine rings is 1. The van der Waals surface area contributed by atoms with E-state index in [0.29, 0.717) is 23.4 Å². The SMILES string of the molecule is O=C(NCc1cncc(-c2cncnc2)c1)c1ccc2noc(-c3ccccc3)c2c1. The Kier molecular flexibility index (Phi) is 4.90. The van der Waals surface area contributed by atoms with Gasteiger partial charge in [-0.2, -0.15) is 0 Å². The first-order chi connectivity index (χ1) is 15.3. The summed E-state index contributed by atoms with van der Waals surface area (Å²) in [6.45, 7) is 0.348. The molecule has 0 saturated carbocycles.